The number of aromatic amines is 1. The number of amides is 1. The summed E-state index contributed by atoms with van der Waals surface area (Å²) >= 11 is 0. The SMILES string of the molecule is CC(=O)OC1C[C@@H](Cc2c[nH]c3cc(F)ccc23)N(C(=O)OCc2ccccc2)C1. The number of H-pyrrole nitrogens is 1. The van der Waals surface area contributed by atoms with Gasteiger partial charge in [0.15, 0.2) is 0 Å². The molecule has 1 fully saturated rings. The first kappa shape index (κ1) is 19.9. The van der Waals surface area contributed by atoms with E-state index in [2.05, 4.69) is 4.98 Å². The minimum atomic E-state index is -0.440. The fourth-order valence-electron chi connectivity index (χ4n) is 3.99. The molecular weight excluding hydrogens is 387 g/mol. The van der Waals surface area contributed by atoms with E-state index in [0.29, 0.717) is 18.4 Å². The zero-order chi connectivity index (χ0) is 21.1. The summed E-state index contributed by atoms with van der Waals surface area (Å²) in [5.41, 5.74) is 2.58. The van der Waals surface area contributed by atoms with Crippen molar-refractivity contribution in [2.75, 3.05) is 6.54 Å². The third-order valence-corrected chi connectivity index (χ3v) is 5.33. The van der Waals surface area contributed by atoms with E-state index in [1.165, 1.54) is 19.1 Å². The Hall–Kier alpha value is -3.35. The number of halogens is 1. The Bertz CT molecular complexity index is 1050. The van der Waals surface area contributed by atoms with E-state index >= 15 is 0 Å². The van der Waals surface area contributed by atoms with Gasteiger partial charge < -0.3 is 19.4 Å². The zero-order valence-electron chi connectivity index (χ0n) is 16.6. The Morgan fingerprint density at radius 1 is 1.20 bits per heavy atom. The molecule has 1 saturated heterocycles. The van der Waals surface area contributed by atoms with Gasteiger partial charge in [-0.15, -0.1) is 0 Å². The molecule has 3 aromatic rings. The Kier molecular flexibility index (Phi) is 5.70. The summed E-state index contributed by atoms with van der Waals surface area (Å²) in [4.78, 5) is 28.9. The number of esters is 1. The van der Waals surface area contributed by atoms with E-state index in [1.54, 1.807) is 11.0 Å². The van der Waals surface area contributed by atoms with Crippen molar-refractivity contribution in [1.82, 2.24) is 9.88 Å². The molecule has 30 heavy (non-hydrogen) atoms. The van der Waals surface area contributed by atoms with Gasteiger partial charge in [0.25, 0.3) is 0 Å². The third-order valence-electron chi connectivity index (χ3n) is 5.33. The van der Waals surface area contributed by atoms with Crippen molar-refractivity contribution in [3.05, 3.63) is 71.7 Å². The van der Waals surface area contributed by atoms with E-state index in [1.807, 2.05) is 36.5 Å². The van der Waals surface area contributed by atoms with Crippen molar-refractivity contribution in [2.45, 2.75) is 38.5 Å². The topological polar surface area (TPSA) is 71.6 Å². The lowest BCUT2D eigenvalue weighted by Gasteiger charge is -2.23. The quantitative estimate of drug-likeness (QED) is 0.640. The molecule has 1 aliphatic rings. The second kappa shape index (κ2) is 8.57. The van der Waals surface area contributed by atoms with Crippen molar-refractivity contribution in [2.24, 2.45) is 0 Å². The highest BCUT2D eigenvalue weighted by molar-refractivity contribution is 5.83. The van der Waals surface area contributed by atoms with E-state index in [4.69, 9.17) is 9.47 Å². The van der Waals surface area contributed by atoms with Crippen LogP contribution in [0, 0.1) is 5.82 Å². The Morgan fingerprint density at radius 2 is 2.00 bits per heavy atom. The predicted molar refractivity (Wildman–Crippen MR) is 109 cm³/mol. The van der Waals surface area contributed by atoms with Crippen LogP contribution in [0.2, 0.25) is 0 Å². The first-order valence-electron chi connectivity index (χ1n) is 9.89. The van der Waals surface area contributed by atoms with E-state index in [0.717, 1.165) is 16.5 Å². The number of aromatic nitrogens is 1. The molecule has 0 bridgehead atoms. The highest BCUT2D eigenvalue weighted by Gasteiger charge is 2.38. The van der Waals surface area contributed by atoms with Gasteiger partial charge in [-0.2, -0.15) is 0 Å². The monoisotopic (exact) mass is 410 g/mol. The van der Waals surface area contributed by atoms with Gasteiger partial charge in [-0.1, -0.05) is 30.3 Å². The summed E-state index contributed by atoms with van der Waals surface area (Å²) in [6.45, 7) is 1.82. The molecule has 156 valence electrons. The van der Waals surface area contributed by atoms with Crippen molar-refractivity contribution < 1.29 is 23.5 Å². The average Bonchev–Trinajstić information content (AvgIpc) is 3.30. The predicted octanol–water partition coefficient (Wildman–Crippen LogP) is 4.19. The maximum Gasteiger partial charge on any atom is 0.410 e. The smallest absolute Gasteiger partial charge is 0.410 e. The van der Waals surface area contributed by atoms with Gasteiger partial charge in [-0.3, -0.25) is 4.79 Å². The van der Waals surface area contributed by atoms with Crippen LogP contribution in [0.5, 0.6) is 0 Å². The number of nitrogens with zero attached hydrogens (tertiary/aromatic N) is 1. The van der Waals surface area contributed by atoms with Crippen LogP contribution in [0.1, 0.15) is 24.5 Å². The van der Waals surface area contributed by atoms with Gasteiger partial charge in [0.2, 0.25) is 0 Å². The third kappa shape index (κ3) is 4.45. The maximum absolute atomic E-state index is 13.5. The molecule has 1 N–H and O–H groups in total. The van der Waals surface area contributed by atoms with Crippen molar-refractivity contribution in [3.8, 4) is 0 Å². The fraction of sp³-hybridized carbons (Fsp3) is 0.304. The number of likely N-dealkylation sites (tertiary alicyclic amines) is 1. The molecule has 1 unspecified atom stereocenters. The van der Waals surface area contributed by atoms with Crippen LogP contribution in [0.4, 0.5) is 9.18 Å². The zero-order valence-corrected chi connectivity index (χ0v) is 16.6. The molecular formula is C23H23FN2O4. The number of rotatable bonds is 5. The lowest BCUT2D eigenvalue weighted by atomic mass is 10.0. The van der Waals surface area contributed by atoms with Crippen LogP contribution in [0.15, 0.2) is 54.7 Å². The van der Waals surface area contributed by atoms with E-state index < -0.39 is 6.09 Å². The Labute approximate surface area is 173 Å². The minimum Gasteiger partial charge on any atom is -0.461 e. The van der Waals surface area contributed by atoms with Gasteiger partial charge in [0.1, 0.15) is 18.5 Å². The summed E-state index contributed by atoms with van der Waals surface area (Å²) in [6, 6.07) is 13.9. The first-order chi connectivity index (χ1) is 14.5. The number of nitrogens with one attached hydrogen (secondary N) is 1. The fourth-order valence-corrected chi connectivity index (χ4v) is 3.99. The number of hydrogen-bond donors (Lipinski definition) is 1. The number of benzene rings is 2. The standard InChI is InChI=1S/C23H23FN2O4/c1-15(27)30-20-11-19(9-17-12-25-22-10-18(24)7-8-21(17)22)26(13-20)23(28)29-14-16-5-3-2-4-6-16/h2-8,10,12,19-20,25H,9,11,13-14H2,1H3/t19-,20?/m1/s1. The Morgan fingerprint density at radius 3 is 2.77 bits per heavy atom. The summed E-state index contributed by atoms with van der Waals surface area (Å²) in [6.07, 6.45) is 2.08. The van der Waals surface area contributed by atoms with Crippen LogP contribution in [-0.4, -0.2) is 40.6 Å². The highest BCUT2D eigenvalue weighted by Crippen LogP contribution is 2.28. The second-order valence-electron chi connectivity index (χ2n) is 7.52. The van der Waals surface area contributed by atoms with Crippen LogP contribution in [-0.2, 0) is 27.3 Å². The van der Waals surface area contributed by atoms with E-state index in [-0.39, 0.29) is 37.1 Å². The number of ether oxygens (including phenoxy) is 2. The Balaban J connectivity index is 1.50. The van der Waals surface area contributed by atoms with Gasteiger partial charge in [-0.05, 0) is 35.7 Å². The van der Waals surface area contributed by atoms with Crippen molar-refractivity contribution in [1.29, 1.82) is 0 Å². The lowest BCUT2D eigenvalue weighted by Crippen LogP contribution is -2.37. The molecule has 2 heterocycles. The molecule has 1 aromatic heterocycles. The number of carbonyl (C=O) groups is 2. The number of hydrogen-bond acceptors (Lipinski definition) is 4. The van der Waals surface area contributed by atoms with E-state index in [9.17, 15) is 14.0 Å². The van der Waals surface area contributed by atoms with Gasteiger partial charge >= 0.3 is 12.1 Å². The van der Waals surface area contributed by atoms with Crippen molar-refractivity contribution >= 4 is 23.0 Å². The molecule has 0 spiro atoms. The van der Waals surface area contributed by atoms with Crippen LogP contribution in [0.3, 0.4) is 0 Å². The highest BCUT2D eigenvalue weighted by atomic mass is 19.1. The molecule has 7 heteroatoms. The van der Waals surface area contributed by atoms with Gasteiger partial charge in [-0.25, -0.2) is 9.18 Å². The molecule has 0 aliphatic carbocycles. The molecule has 1 aliphatic heterocycles. The minimum absolute atomic E-state index is 0.174. The van der Waals surface area contributed by atoms with Crippen LogP contribution < -0.4 is 0 Å². The summed E-state index contributed by atoms with van der Waals surface area (Å²) < 4.78 is 24.3. The van der Waals surface area contributed by atoms with Crippen molar-refractivity contribution in [3.63, 3.8) is 0 Å². The second-order valence-corrected chi connectivity index (χ2v) is 7.52. The molecule has 2 aromatic carbocycles. The summed E-state index contributed by atoms with van der Waals surface area (Å²) in [7, 11) is 0. The lowest BCUT2D eigenvalue weighted by molar-refractivity contribution is -0.145. The number of fused-ring (bicyclic) bond motifs is 1. The maximum atomic E-state index is 13.5. The van der Waals surface area contributed by atoms with Crippen LogP contribution >= 0.6 is 0 Å². The first-order valence-corrected chi connectivity index (χ1v) is 9.89. The molecule has 6 nitrogen and oxygen atoms in total. The summed E-state index contributed by atoms with van der Waals surface area (Å²) in [5.74, 6) is -0.682. The largest absolute Gasteiger partial charge is 0.461 e. The van der Waals surface area contributed by atoms with Gasteiger partial charge in [0, 0.05) is 36.5 Å². The average molecular weight is 410 g/mol. The van der Waals surface area contributed by atoms with Gasteiger partial charge in [0.05, 0.1) is 6.54 Å². The molecule has 0 saturated carbocycles. The molecule has 2 atom stereocenters. The number of carbonyl (C=O) groups excluding carboxylic acids is 2. The molecule has 4 rings (SSSR count). The normalized spacial score (nSPS) is 18.5. The molecule has 1 amide bonds. The van der Waals surface area contributed by atoms with Crippen LogP contribution in [0.25, 0.3) is 10.9 Å². The summed E-state index contributed by atoms with van der Waals surface area (Å²) in [5, 5.41) is 0.907. The molecule has 0 radical (unpaired) electrons.